The summed E-state index contributed by atoms with van der Waals surface area (Å²) in [6.07, 6.45) is 0. The predicted octanol–water partition coefficient (Wildman–Crippen LogP) is 4.40. The number of methoxy groups -OCH3 is 3. The fourth-order valence-corrected chi connectivity index (χ4v) is 3.30. The third kappa shape index (κ3) is 3.91. The van der Waals surface area contributed by atoms with Gasteiger partial charge >= 0.3 is 0 Å². The van der Waals surface area contributed by atoms with E-state index in [9.17, 15) is 14.9 Å². The van der Waals surface area contributed by atoms with Gasteiger partial charge in [0.15, 0.2) is 11.5 Å². The highest BCUT2D eigenvalue weighted by Crippen LogP contribution is 2.45. The van der Waals surface area contributed by atoms with Crippen LogP contribution >= 0.6 is 31.9 Å². The van der Waals surface area contributed by atoms with E-state index in [1.807, 2.05) is 0 Å². The van der Waals surface area contributed by atoms with Gasteiger partial charge in [-0.1, -0.05) is 0 Å². The highest BCUT2D eigenvalue weighted by atomic mass is 79.9. The number of rotatable bonds is 6. The Morgan fingerprint density at radius 1 is 1.08 bits per heavy atom. The third-order valence-electron chi connectivity index (χ3n) is 3.43. The summed E-state index contributed by atoms with van der Waals surface area (Å²) in [4.78, 5) is 23.0. The van der Waals surface area contributed by atoms with Crippen molar-refractivity contribution >= 4 is 49.1 Å². The number of carbonyl (C=O) groups is 1. The lowest BCUT2D eigenvalue weighted by atomic mass is 10.1. The number of anilines is 1. The first-order valence-electron chi connectivity index (χ1n) is 7.07. The number of carbonyl (C=O) groups excluding carboxylic acids is 1. The van der Waals surface area contributed by atoms with Crippen LogP contribution in [0, 0.1) is 10.1 Å². The molecule has 0 aliphatic carbocycles. The SMILES string of the molecule is COc1cc(C(=O)Nc2ccc([N+](=O)[O-])cc2Br)c(Br)c(OC)c1OC. The zero-order valence-electron chi connectivity index (χ0n) is 14.0. The van der Waals surface area contributed by atoms with Crippen LogP contribution in [0.4, 0.5) is 11.4 Å². The quantitative estimate of drug-likeness (QED) is 0.476. The number of nitro groups is 1. The molecule has 10 heteroatoms. The molecule has 1 N–H and O–H groups in total. The molecule has 0 aliphatic rings. The van der Waals surface area contributed by atoms with Gasteiger partial charge in [0.2, 0.25) is 5.75 Å². The lowest BCUT2D eigenvalue weighted by molar-refractivity contribution is -0.384. The standard InChI is InChI=1S/C16H14Br2N2O6/c1-24-12-7-9(13(18)15(26-3)14(12)25-2)16(21)19-11-5-4-8(20(22)23)6-10(11)17/h4-7H,1-3H3,(H,19,21). The topological polar surface area (TPSA) is 99.9 Å². The van der Waals surface area contributed by atoms with Gasteiger partial charge in [-0.25, -0.2) is 0 Å². The summed E-state index contributed by atoms with van der Waals surface area (Å²) in [6.45, 7) is 0. The number of ether oxygens (including phenoxy) is 3. The molecular formula is C16H14Br2N2O6. The van der Waals surface area contributed by atoms with Crippen molar-refractivity contribution < 1.29 is 23.9 Å². The Morgan fingerprint density at radius 3 is 2.23 bits per heavy atom. The first kappa shape index (κ1) is 20.0. The van der Waals surface area contributed by atoms with Crippen molar-refractivity contribution in [3.05, 3.63) is 48.9 Å². The number of nitrogens with zero attached hydrogens (tertiary/aromatic N) is 1. The Balaban J connectivity index is 2.43. The lowest BCUT2D eigenvalue weighted by Crippen LogP contribution is -2.14. The molecule has 0 unspecified atom stereocenters. The largest absolute Gasteiger partial charge is 0.493 e. The summed E-state index contributed by atoms with van der Waals surface area (Å²) in [5, 5.41) is 13.5. The van der Waals surface area contributed by atoms with E-state index in [0.29, 0.717) is 31.9 Å². The Kier molecular flexibility index (Phi) is 6.43. The van der Waals surface area contributed by atoms with Crippen molar-refractivity contribution in [2.24, 2.45) is 0 Å². The van der Waals surface area contributed by atoms with E-state index < -0.39 is 10.8 Å². The van der Waals surface area contributed by atoms with Crippen LogP contribution in [0.5, 0.6) is 17.2 Å². The number of benzene rings is 2. The summed E-state index contributed by atoms with van der Waals surface area (Å²) in [6, 6.07) is 5.54. The van der Waals surface area contributed by atoms with Gasteiger partial charge in [-0.2, -0.15) is 0 Å². The molecular weight excluding hydrogens is 476 g/mol. The van der Waals surface area contributed by atoms with Crippen molar-refractivity contribution in [1.29, 1.82) is 0 Å². The maximum absolute atomic E-state index is 12.7. The second-order valence-electron chi connectivity index (χ2n) is 4.88. The summed E-state index contributed by atoms with van der Waals surface area (Å²) < 4.78 is 16.6. The van der Waals surface area contributed by atoms with Gasteiger partial charge in [0.25, 0.3) is 11.6 Å². The monoisotopic (exact) mass is 488 g/mol. The molecule has 0 atom stereocenters. The van der Waals surface area contributed by atoms with Crippen LogP contribution in [0.25, 0.3) is 0 Å². The molecule has 2 aromatic carbocycles. The molecule has 138 valence electrons. The Hall–Kier alpha value is -2.33. The highest BCUT2D eigenvalue weighted by molar-refractivity contribution is 9.11. The molecule has 26 heavy (non-hydrogen) atoms. The average molecular weight is 490 g/mol. The maximum Gasteiger partial charge on any atom is 0.270 e. The smallest absolute Gasteiger partial charge is 0.270 e. The molecule has 0 saturated heterocycles. The zero-order valence-corrected chi connectivity index (χ0v) is 17.1. The van der Waals surface area contributed by atoms with Crippen LogP contribution in [0.3, 0.4) is 0 Å². The van der Waals surface area contributed by atoms with Crippen LogP contribution in [-0.4, -0.2) is 32.2 Å². The predicted molar refractivity (Wildman–Crippen MR) is 103 cm³/mol. The first-order valence-corrected chi connectivity index (χ1v) is 8.66. The van der Waals surface area contributed by atoms with Gasteiger partial charge in [-0.3, -0.25) is 14.9 Å². The van der Waals surface area contributed by atoms with E-state index in [-0.39, 0.29) is 11.3 Å². The molecule has 2 aromatic rings. The van der Waals surface area contributed by atoms with Crippen molar-refractivity contribution in [1.82, 2.24) is 0 Å². The van der Waals surface area contributed by atoms with Crippen LogP contribution in [-0.2, 0) is 0 Å². The van der Waals surface area contributed by atoms with Gasteiger partial charge in [0.05, 0.1) is 42.0 Å². The summed E-state index contributed by atoms with van der Waals surface area (Å²) >= 11 is 6.55. The molecule has 0 fully saturated rings. The van der Waals surface area contributed by atoms with Gasteiger partial charge in [0, 0.05) is 16.6 Å². The first-order chi connectivity index (χ1) is 12.3. The van der Waals surface area contributed by atoms with Crippen LogP contribution in [0.15, 0.2) is 33.2 Å². The van der Waals surface area contributed by atoms with Gasteiger partial charge in [-0.05, 0) is 44.0 Å². The van der Waals surface area contributed by atoms with Crippen molar-refractivity contribution in [2.75, 3.05) is 26.6 Å². The number of amides is 1. The lowest BCUT2D eigenvalue weighted by Gasteiger charge is -2.16. The fraction of sp³-hybridized carbons (Fsp3) is 0.188. The normalized spacial score (nSPS) is 10.2. The van der Waals surface area contributed by atoms with E-state index in [0.717, 1.165) is 0 Å². The highest BCUT2D eigenvalue weighted by Gasteiger charge is 2.23. The van der Waals surface area contributed by atoms with Crippen LogP contribution in [0.1, 0.15) is 10.4 Å². The Bertz CT molecular complexity index is 872. The summed E-state index contributed by atoms with van der Waals surface area (Å²) in [7, 11) is 4.34. The summed E-state index contributed by atoms with van der Waals surface area (Å²) in [5.74, 6) is 0.501. The van der Waals surface area contributed by atoms with E-state index in [2.05, 4.69) is 37.2 Å². The molecule has 0 radical (unpaired) electrons. The maximum atomic E-state index is 12.7. The molecule has 0 aliphatic heterocycles. The van der Waals surface area contributed by atoms with Crippen LogP contribution < -0.4 is 19.5 Å². The zero-order chi connectivity index (χ0) is 19.4. The third-order valence-corrected chi connectivity index (χ3v) is 4.87. The molecule has 2 rings (SSSR count). The molecule has 1 amide bonds. The van der Waals surface area contributed by atoms with E-state index in [4.69, 9.17) is 14.2 Å². The minimum atomic E-state index is -0.522. The van der Waals surface area contributed by atoms with Crippen molar-refractivity contribution in [2.45, 2.75) is 0 Å². The molecule has 0 saturated carbocycles. The van der Waals surface area contributed by atoms with Crippen LogP contribution in [0.2, 0.25) is 0 Å². The van der Waals surface area contributed by atoms with Gasteiger partial charge in [-0.15, -0.1) is 0 Å². The number of hydrogen-bond donors (Lipinski definition) is 1. The number of halogens is 2. The second kappa shape index (κ2) is 8.37. The van der Waals surface area contributed by atoms with Gasteiger partial charge in [0.1, 0.15) is 0 Å². The Morgan fingerprint density at radius 2 is 1.73 bits per heavy atom. The molecule has 8 nitrogen and oxygen atoms in total. The number of non-ortho nitro benzene ring substituents is 1. The molecule has 0 heterocycles. The van der Waals surface area contributed by atoms with Crippen molar-refractivity contribution in [3.8, 4) is 17.2 Å². The number of nitro benzene ring substituents is 1. The molecule has 0 spiro atoms. The fourth-order valence-electron chi connectivity index (χ4n) is 2.19. The van der Waals surface area contributed by atoms with E-state index >= 15 is 0 Å². The minimum Gasteiger partial charge on any atom is -0.493 e. The molecule has 0 bridgehead atoms. The minimum absolute atomic E-state index is 0.0937. The Labute approximate surface area is 165 Å². The van der Waals surface area contributed by atoms with Crippen molar-refractivity contribution in [3.63, 3.8) is 0 Å². The van der Waals surface area contributed by atoms with E-state index in [1.165, 1.54) is 45.6 Å². The average Bonchev–Trinajstić information content (AvgIpc) is 2.62. The summed E-state index contributed by atoms with van der Waals surface area (Å²) in [5.41, 5.74) is 0.523. The number of hydrogen-bond acceptors (Lipinski definition) is 6. The second-order valence-corrected chi connectivity index (χ2v) is 6.53. The van der Waals surface area contributed by atoms with Gasteiger partial charge < -0.3 is 19.5 Å². The number of nitrogens with one attached hydrogen (secondary N) is 1. The molecule has 0 aromatic heterocycles. The van der Waals surface area contributed by atoms with E-state index in [1.54, 1.807) is 0 Å².